The highest BCUT2D eigenvalue weighted by atomic mass is 19.4. The molecule has 0 fully saturated rings. The monoisotopic (exact) mass is 554 g/mol. The van der Waals surface area contributed by atoms with Gasteiger partial charge >= 0.3 is 6.36 Å². The molecular weight excluding hydrogens is 529 g/mol. The summed E-state index contributed by atoms with van der Waals surface area (Å²) in [7, 11) is 1.70. The second kappa shape index (κ2) is 12.8. The molecule has 0 radical (unpaired) electrons. The van der Waals surface area contributed by atoms with Crippen LogP contribution in [0.25, 0.3) is 11.1 Å². The number of benzene rings is 1. The Bertz CT molecular complexity index is 1430. The minimum atomic E-state index is -4.80. The maximum Gasteiger partial charge on any atom is 0.573 e. The number of amides is 2. The van der Waals surface area contributed by atoms with Gasteiger partial charge in [-0.3, -0.25) is 19.7 Å². The van der Waals surface area contributed by atoms with Crippen molar-refractivity contribution >= 4 is 17.6 Å². The van der Waals surface area contributed by atoms with E-state index in [-0.39, 0.29) is 35.5 Å². The zero-order valence-corrected chi connectivity index (χ0v) is 21.4. The minimum Gasteiger partial charge on any atom is -0.406 e. The summed E-state index contributed by atoms with van der Waals surface area (Å²) in [5, 5.41) is 20.6. The number of pyridine rings is 1. The summed E-state index contributed by atoms with van der Waals surface area (Å²) in [6.07, 6.45) is 1.82. The summed E-state index contributed by atoms with van der Waals surface area (Å²) < 4.78 is 41.6. The van der Waals surface area contributed by atoms with Crippen LogP contribution in [0.4, 0.5) is 19.0 Å². The summed E-state index contributed by atoms with van der Waals surface area (Å²) in [6, 6.07) is 10.6. The van der Waals surface area contributed by atoms with E-state index < -0.39 is 6.36 Å². The fourth-order valence-electron chi connectivity index (χ4n) is 3.81. The van der Waals surface area contributed by atoms with Gasteiger partial charge in [-0.2, -0.15) is 5.10 Å². The van der Waals surface area contributed by atoms with Gasteiger partial charge in [-0.25, -0.2) is 0 Å². The Labute approximate surface area is 226 Å². The predicted molar refractivity (Wildman–Crippen MR) is 137 cm³/mol. The van der Waals surface area contributed by atoms with Crippen LogP contribution in [-0.4, -0.2) is 67.3 Å². The van der Waals surface area contributed by atoms with Crippen LogP contribution in [-0.2, 0) is 17.6 Å². The SMILES string of the molecule is CN(CCCCc1ccc(NC(=O)Cc2cncc(-c3cccc(OC(F)(F)F)c3)c2)nn1)C(=O)c1c[nH]nn1. The third-order valence-corrected chi connectivity index (χ3v) is 5.71. The van der Waals surface area contributed by atoms with E-state index in [0.29, 0.717) is 29.7 Å². The summed E-state index contributed by atoms with van der Waals surface area (Å²) in [6.45, 7) is 0.552. The number of nitrogens with one attached hydrogen (secondary N) is 2. The van der Waals surface area contributed by atoms with Crippen molar-refractivity contribution < 1.29 is 27.5 Å². The van der Waals surface area contributed by atoms with Crippen LogP contribution in [0.15, 0.2) is 61.1 Å². The number of halogens is 3. The van der Waals surface area contributed by atoms with E-state index in [9.17, 15) is 22.8 Å². The molecular formula is C26H25F3N8O3. The van der Waals surface area contributed by atoms with Gasteiger partial charge in [0.25, 0.3) is 5.91 Å². The van der Waals surface area contributed by atoms with Crippen molar-refractivity contribution in [2.45, 2.75) is 32.0 Å². The highest BCUT2D eigenvalue weighted by Crippen LogP contribution is 2.28. The Kier molecular flexibility index (Phi) is 8.99. The number of ether oxygens (including phenoxy) is 1. The average molecular weight is 555 g/mol. The van der Waals surface area contributed by atoms with Crippen molar-refractivity contribution in [1.82, 2.24) is 35.5 Å². The first-order chi connectivity index (χ1) is 19.2. The number of carbonyl (C=O) groups is 2. The molecule has 2 amide bonds. The number of alkyl halides is 3. The standard InChI is InChI=1S/C26H25F3N8O3/c1-37(25(39)22-16-31-36-34-22)10-3-2-6-20-8-9-23(35-33-20)32-24(38)12-17-11-19(15-30-14-17)18-5-4-7-21(13-18)40-26(27,28)29/h4-5,7-9,11,13-16H,2-3,6,10,12H2,1H3,(H,31,34,36)(H,32,35,38). The largest absolute Gasteiger partial charge is 0.573 e. The number of hydrogen-bond donors (Lipinski definition) is 2. The van der Waals surface area contributed by atoms with Crippen LogP contribution in [0, 0.1) is 0 Å². The van der Waals surface area contributed by atoms with Crippen molar-refractivity contribution in [3.05, 3.63) is 78.0 Å². The van der Waals surface area contributed by atoms with Crippen LogP contribution < -0.4 is 10.1 Å². The molecule has 0 aliphatic heterocycles. The first-order valence-electron chi connectivity index (χ1n) is 12.2. The Morgan fingerprint density at radius 1 is 1.02 bits per heavy atom. The molecule has 3 aromatic heterocycles. The predicted octanol–water partition coefficient (Wildman–Crippen LogP) is 3.83. The summed E-state index contributed by atoms with van der Waals surface area (Å²) in [5.74, 6) is -0.621. The molecule has 0 atom stereocenters. The molecule has 40 heavy (non-hydrogen) atoms. The fourth-order valence-corrected chi connectivity index (χ4v) is 3.81. The number of carbonyl (C=O) groups excluding carboxylic acids is 2. The zero-order chi connectivity index (χ0) is 28.5. The van der Waals surface area contributed by atoms with Crippen molar-refractivity contribution in [2.75, 3.05) is 18.9 Å². The third-order valence-electron chi connectivity index (χ3n) is 5.71. The second-order valence-electron chi connectivity index (χ2n) is 8.83. The van der Waals surface area contributed by atoms with Gasteiger partial charge in [0.15, 0.2) is 11.5 Å². The van der Waals surface area contributed by atoms with Crippen LogP contribution >= 0.6 is 0 Å². The molecule has 0 aliphatic rings. The van der Waals surface area contributed by atoms with E-state index in [4.69, 9.17) is 0 Å². The molecule has 14 heteroatoms. The molecule has 208 valence electrons. The van der Waals surface area contributed by atoms with Gasteiger partial charge in [0, 0.05) is 31.5 Å². The van der Waals surface area contributed by atoms with Crippen molar-refractivity contribution in [3.8, 4) is 16.9 Å². The maximum atomic E-state index is 12.5. The molecule has 0 aliphatic carbocycles. The van der Waals surface area contributed by atoms with E-state index in [0.717, 1.165) is 18.5 Å². The van der Waals surface area contributed by atoms with E-state index >= 15 is 0 Å². The lowest BCUT2D eigenvalue weighted by Crippen LogP contribution is -2.28. The number of aromatic amines is 1. The number of hydrogen-bond acceptors (Lipinski definition) is 8. The summed E-state index contributed by atoms with van der Waals surface area (Å²) in [4.78, 5) is 30.4. The highest BCUT2D eigenvalue weighted by Gasteiger charge is 2.31. The normalized spacial score (nSPS) is 11.2. The fraction of sp³-hybridized carbons (Fsp3) is 0.269. The number of anilines is 1. The molecule has 0 bridgehead atoms. The second-order valence-corrected chi connectivity index (χ2v) is 8.83. The summed E-state index contributed by atoms with van der Waals surface area (Å²) in [5.41, 5.74) is 2.58. The number of aromatic nitrogens is 6. The van der Waals surface area contributed by atoms with Crippen LogP contribution in [0.1, 0.15) is 34.6 Å². The van der Waals surface area contributed by atoms with Gasteiger partial charge in [0.1, 0.15) is 5.75 Å². The topological polar surface area (TPSA) is 139 Å². The molecule has 11 nitrogen and oxygen atoms in total. The van der Waals surface area contributed by atoms with E-state index in [2.05, 4.69) is 40.6 Å². The molecule has 0 spiro atoms. The summed E-state index contributed by atoms with van der Waals surface area (Å²) >= 11 is 0. The van der Waals surface area contributed by atoms with Crippen LogP contribution in [0.3, 0.4) is 0 Å². The Morgan fingerprint density at radius 3 is 2.60 bits per heavy atom. The smallest absolute Gasteiger partial charge is 0.406 e. The van der Waals surface area contributed by atoms with Crippen molar-refractivity contribution in [2.24, 2.45) is 0 Å². The van der Waals surface area contributed by atoms with Gasteiger partial charge in [-0.15, -0.1) is 23.4 Å². The van der Waals surface area contributed by atoms with Gasteiger partial charge < -0.3 is 15.0 Å². The van der Waals surface area contributed by atoms with Gasteiger partial charge in [-0.1, -0.05) is 17.3 Å². The number of rotatable bonds is 11. The number of aryl methyl sites for hydroxylation is 1. The molecule has 2 N–H and O–H groups in total. The number of unbranched alkanes of at least 4 members (excludes halogenated alkanes) is 1. The van der Waals surface area contributed by atoms with Crippen molar-refractivity contribution in [3.63, 3.8) is 0 Å². The molecule has 0 saturated carbocycles. The molecule has 4 aromatic rings. The lowest BCUT2D eigenvalue weighted by atomic mass is 10.0. The van der Waals surface area contributed by atoms with Gasteiger partial charge in [0.2, 0.25) is 5.91 Å². The van der Waals surface area contributed by atoms with E-state index in [1.807, 2.05) is 0 Å². The van der Waals surface area contributed by atoms with E-state index in [1.54, 1.807) is 36.2 Å². The van der Waals surface area contributed by atoms with Crippen LogP contribution in [0.5, 0.6) is 5.75 Å². The number of nitrogens with zero attached hydrogens (tertiary/aromatic N) is 6. The zero-order valence-electron chi connectivity index (χ0n) is 21.4. The average Bonchev–Trinajstić information content (AvgIpc) is 3.46. The minimum absolute atomic E-state index is 0.0242. The van der Waals surface area contributed by atoms with Crippen LogP contribution in [0.2, 0.25) is 0 Å². The first-order valence-corrected chi connectivity index (χ1v) is 12.2. The Balaban J connectivity index is 1.24. The first kappa shape index (κ1) is 28.1. The number of H-pyrrole nitrogens is 1. The van der Waals surface area contributed by atoms with Crippen molar-refractivity contribution in [1.29, 1.82) is 0 Å². The molecule has 0 unspecified atom stereocenters. The van der Waals surface area contributed by atoms with Gasteiger partial charge in [-0.05, 0) is 60.7 Å². The maximum absolute atomic E-state index is 12.5. The highest BCUT2D eigenvalue weighted by molar-refractivity contribution is 5.92. The lowest BCUT2D eigenvalue weighted by Gasteiger charge is -2.15. The third kappa shape index (κ3) is 8.31. The Morgan fingerprint density at radius 2 is 1.88 bits per heavy atom. The quantitative estimate of drug-likeness (QED) is 0.267. The lowest BCUT2D eigenvalue weighted by molar-refractivity contribution is -0.274. The van der Waals surface area contributed by atoms with Gasteiger partial charge in [0.05, 0.1) is 18.3 Å². The molecule has 1 aromatic carbocycles. The molecule has 0 saturated heterocycles. The molecule has 3 heterocycles. The Hall–Kier alpha value is -4.88. The molecule has 4 rings (SSSR count). The van der Waals surface area contributed by atoms with E-state index in [1.165, 1.54) is 36.8 Å².